The zero-order valence-electron chi connectivity index (χ0n) is 12.6. The lowest BCUT2D eigenvalue weighted by molar-refractivity contribution is -0.0937. The lowest BCUT2D eigenvalue weighted by Gasteiger charge is -2.35. The van der Waals surface area contributed by atoms with Crippen molar-refractivity contribution in [2.45, 2.75) is 37.5 Å². The molecule has 118 valence electrons. The Morgan fingerprint density at radius 3 is 3.14 bits per heavy atom. The zero-order valence-corrected chi connectivity index (χ0v) is 12.6. The van der Waals surface area contributed by atoms with Gasteiger partial charge >= 0.3 is 0 Å². The summed E-state index contributed by atoms with van der Waals surface area (Å²) in [6.07, 6.45) is 7.80. The van der Waals surface area contributed by atoms with Crippen LogP contribution in [0.25, 0.3) is 0 Å². The number of nitrogens with zero attached hydrogens (tertiary/aromatic N) is 3. The quantitative estimate of drug-likeness (QED) is 0.608. The van der Waals surface area contributed by atoms with Crippen LogP contribution in [0.4, 0.5) is 0 Å². The predicted octanol–water partition coefficient (Wildman–Crippen LogP) is 1.44. The summed E-state index contributed by atoms with van der Waals surface area (Å²) in [4.78, 5) is 14.5. The van der Waals surface area contributed by atoms with Crippen LogP contribution >= 0.6 is 0 Å². The van der Waals surface area contributed by atoms with Crippen LogP contribution in [0.15, 0.2) is 31.1 Å². The topological polar surface area (TPSA) is 64.5 Å². The van der Waals surface area contributed by atoms with Crippen LogP contribution < -0.4 is 0 Å². The van der Waals surface area contributed by atoms with Crippen LogP contribution in [0.3, 0.4) is 0 Å². The molecule has 2 aliphatic rings. The minimum Gasteiger partial charge on any atom is -0.375 e. The molecule has 3 heterocycles. The first-order chi connectivity index (χ1) is 10.8. The number of aromatic nitrogens is 2. The third-order valence-corrected chi connectivity index (χ3v) is 4.27. The Labute approximate surface area is 130 Å². The van der Waals surface area contributed by atoms with E-state index in [1.807, 2.05) is 4.90 Å². The number of hydrogen-bond acceptors (Lipinski definition) is 5. The number of carbonyl (C=O) groups is 1. The molecule has 0 saturated carbocycles. The van der Waals surface area contributed by atoms with Crippen molar-refractivity contribution in [1.82, 2.24) is 15.1 Å². The molecule has 1 amide bonds. The van der Waals surface area contributed by atoms with Crippen molar-refractivity contribution in [3.05, 3.63) is 36.7 Å². The standard InChI is InChI=1S/C16H21N3O3/c1-2-9-21-11-13-3-4-14-15(22-13)6-8-19(14)16(20)12-5-7-17-18-10-12/h2,5,7,10,13-15H,1,3-4,6,8-9,11H2/t13-,14-,15-/m0/s1. The van der Waals surface area contributed by atoms with Gasteiger partial charge in [-0.3, -0.25) is 4.79 Å². The Kier molecular flexibility index (Phi) is 4.80. The molecule has 0 N–H and O–H groups in total. The molecule has 22 heavy (non-hydrogen) atoms. The van der Waals surface area contributed by atoms with E-state index in [0.29, 0.717) is 18.8 Å². The number of rotatable bonds is 5. The Morgan fingerprint density at radius 2 is 2.36 bits per heavy atom. The second-order valence-corrected chi connectivity index (χ2v) is 5.69. The molecule has 2 fully saturated rings. The molecular weight excluding hydrogens is 282 g/mol. The van der Waals surface area contributed by atoms with Crippen LogP contribution in [0.2, 0.25) is 0 Å². The SMILES string of the molecule is C=CCOC[C@@H]1CC[C@H]2[C@H](CCN2C(=O)c2ccnnc2)O1. The summed E-state index contributed by atoms with van der Waals surface area (Å²) >= 11 is 0. The van der Waals surface area contributed by atoms with Gasteiger partial charge in [-0.05, 0) is 25.3 Å². The van der Waals surface area contributed by atoms with E-state index in [9.17, 15) is 4.79 Å². The third-order valence-electron chi connectivity index (χ3n) is 4.27. The molecule has 2 saturated heterocycles. The van der Waals surface area contributed by atoms with E-state index in [1.54, 1.807) is 18.3 Å². The van der Waals surface area contributed by atoms with Gasteiger partial charge in [-0.15, -0.1) is 6.58 Å². The molecule has 0 radical (unpaired) electrons. The summed E-state index contributed by atoms with van der Waals surface area (Å²) in [5.41, 5.74) is 0.590. The third kappa shape index (κ3) is 3.18. The van der Waals surface area contributed by atoms with Gasteiger partial charge in [0.15, 0.2) is 0 Å². The Hall–Kier alpha value is -1.79. The van der Waals surface area contributed by atoms with Gasteiger partial charge in [0.25, 0.3) is 5.91 Å². The van der Waals surface area contributed by atoms with E-state index in [2.05, 4.69) is 16.8 Å². The maximum Gasteiger partial charge on any atom is 0.255 e. The van der Waals surface area contributed by atoms with Gasteiger partial charge in [0.1, 0.15) is 0 Å². The predicted molar refractivity (Wildman–Crippen MR) is 80.4 cm³/mol. The van der Waals surface area contributed by atoms with E-state index in [0.717, 1.165) is 25.8 Å². The maximum atomic E-state index is 12.6. The van der Waals surface area contributed by atoms with Gasteiger partial charge in [0.05, 0.1) is 49.4 Å². The number of carbonyl (C=O) groups excluding carboxylic acids is 1. The summed E-state index contributed by atoms with van der Waals surface area (Å²) in [5, 5.41) is 7.50. The molecule has 6 heteroatoms. The van der Waals surface area contributed by atoms with Crippen LogP contribution in [-0.2, 0) is 9.47 Å². The monoisotopic (exact) mass is 303 g/mol. The molecule has 0 aromatic carbocycles. The van der Waals surface area contributed by atoms with Gasteiger partial charge in [-0.25, -0.2) is 0 Å². The van der Waals surface area contributed by atoms with Gasteiger partial charge in [0, 0.05) is 6.54 Å². The van der Waals surface area contributed by atoms with E-state index in [1.165, 1.54) is 6.20 Å². The molecule has 0 bridgehead atoms. The lowest BCUT2D eigenvalue weighted by Crippen LogP contribution is -2.46. The molecule has 1 aromatic rings. The summed E-state index contributed by atoms with van der Waals surface area (Å²) in [6, 6.07) is 1.87. The second-order valence-electron chi connectivity index (χ2n) is 5.69. The van der Waals surface area contributed by atoms with Crippen molar-refractivity contribution in [2.24, 2.45) is 0 Å². The molecular formula is C16H21N3O3. The van der Waals surface area contributed by atoms with Crippen LogP contribution in [-0.4, -0.2) is 59.0 Å². The normalized spacial score (nSPS) is 27.5. The van der Waals surface area contributed by atoms with Crippen molar-refractivity contribution < 1.29 is 14.3 Å². The Morgan fingerprint density at radius 1 is 1.45 bits per heavy atom. The fourth-order valence-electron chi connectivity index (χ4n) is 3.24. The minimum absolute atomic E-state index is 0.0207. The molecule has 0 unspecified atom stereocenters. The first-order valence-electron chi connectivity index (χ1n) is 7.71. The van der Waals surface area contributed by atoms with Crippen LogP contribution in [0, 0.1) is 0 Å². The second kappa shape index (κ2) is 6.98. The van der Waals surface area contributed by atoms with Crippen molar-refractivity contribution >= 4 is 5.91 Å². The van der Waals surface area contributed by atoms with Crippen molar-refractivity contribution in [3.8, 4) is 0 Å². The summed E-state index contributed by atoms with van der Waals surface area (Å²) in [7, 11) is 0. The van der Waals surface area contributed by atoms with E-state index in [4.69, 9.17) is 9.47 Å². The van der Waals surface area contributed by atoms with Gasteiger partial charge in [-0.1, -0.05) is 6.08 Å². The van der Waals surface area contributed by atoms with Crippen molar-refractivity contribution in [1.29, 1.82) is 0 Å². The highest BCUT2D eigenvalue weighted by atomic mass is 16.5. The Bertz CT molecular complexity index is 523. The highest BCUT2D eigenvalue weighted by Gasteiger charge is 2.42. The fourth-order valence-corrected chi connectivity index (χ4v) is 3.24. The van der Waals surface area contributed by atoms with E-state index in [-0.39, 0.29) is 24.2 Å². The summed E-state index contributed by atoms with van der Waals surface area (Å²) in [5.74, 6) is 0.0207. The largest absolute Gasteiger partial charge is 0.375 e. The number of ether oxygens (including phenoxy) is 2. The smallest absolute Gasteiger partial charge is 0.255 e. The number of fused-ring (bicyclic) bond motifs is 1. The fraction of sp³-hybridized carbons (Fsp3) is 0.562. The van der Waals surface area contributed by atoms with E-state index >= 15 is 0 Å². The average molecular weight is 303 g/mol. The average Bonchev–Trinajstić information content (AvgIpc) is 2.98. The number of amides is 1. The van der Waals surface area contributed by atoms with Crippen LogP contribution in [0.1, 0.15) is 29.6 Å². The Balaban J connectivity index is 1.58. The molecule has 1 aromatic heterocycles. The lowest BCUT2D eigenvalue weighted by atomic mass is 9.99. The highest BCUT2D eigenvalue weighted by Crippen LogP contribution is 2.32. The molecule has 0 spiro atoms. The van der Waals surface area contributed by atoms with Crippen molar-refractivity contribution in [3.63, 3.8) is 0 Å². The molecule has 3 atom stereocenters. The van der Waals surface area contributed by atoms with Gasteiger partial charge in [-0.2, -0.15) is 10.2 Å². The number of likely N-dealkylation sites (tertiary alicyclic amines) is 1. The highest BCUT2D eigenvalue weighted by molar-refractivity contribution is 5.94. The summed E-state index contributed by atoms with van der Waals surface area (Å²) < 4.78 is 11.6. The molecule has 2 aliphatic heterocycles. The molecule has 0 aliphatic carbocycles. The van der Waals surface area contributed by atoms with Crippen molar-refractivity contribution in [2.75, 3.05) is 19.8 Å². The first-order valence-corrected chi connectivity index (χ1v) is 7.71. The first kappa shape index (κ1) is 15.1. The van der Waals surface area contributed by atoms with E-state index < -0.39 is 0 Å². The van der Waals surface area contributed by atoms with Gasteiger partial charge < -0.3 is 14.4 Å². The summed E-state index contributed by atoms with van der Waals surface area (Å²) in [6.45, 7) is 5.51. The molecule has 3 rings (SSSR count). The van der Waals surface area contributed by atoms with Gasteiger partial charge in [0.2, 0.25) is 0 Å². The zero-order chi connectivity index (χ0) is 15.4. The molecule has 6 nitrogen and oxygen atoms in total. The maximum absolute atomic E-state index is 12.6. The van der Waals surface area contributed by atoms with Crippen LogP contribution in [0.5, 0.6) is 0 Å². The number of hydrogen-bond donors (Lipinski definition) is 0. The minimum atomic E-state index is 0.0207.